The van der Waals surface area contributed by atoms with E-state index in [9.17, 15) is 4.79 Å². The SMILES string of the molecule is Cc1cc(C(=O)NC(CCl)C(C)C)sc1C. The topological polar surface area (TPSA) is 29.1 Å². The van der Waals surface area contributed by atoms with Crippen LogP contribution >= 0.6 is 22.9 Å². The van der Waals surface area contributed by atoms with E-state index in [1.165, 1.54) is 21.8 Å². The highest BCUT2D eigenvalue weighted by molar-refractivity contribution is 7.14. The normalized spacial score (nSPS) is 12.9. The van der Waals surface area contributed by atoms with Crippen molar-refractivity contribution < 1.29 is 4.79 Å². The van der Waals surface area contributed by atoms with Crippen molar-refractivity contribution in [3.8, 4) is 0 Å². The highest BCUT2D eigenvalue weighted by Crippen LogP contribution is 2.20. The summed E-state index contributed by atoms with van der Waals surface area (Å²) < 4.78 is 0. The Morgan fingerprint density at radius 2 is 2.12 bits per heavy atom. The summed E-state index contributed by atoms with van der Waals surface area (Å²) in [5, 5.41) is 2.96. The second-order valence-corrected chi connectivity index (χ2v) is 5.89. The Labute approximate surface area is 106 Å². The van der Waals surface area contributed by atoms with Gasteiger partial charge >= 0.3 is 0 Å². The molecule has 1 rings (SSSR count). The molecule has 2 nitrogen and oxygen atoms in total. The highest BCUT2D eigenvalue weighted by Gasteiger charge is 2.17. The lowest BCUT2D eigenvalue weighted by molar-refractivity contribution is 0.0935. The van der Waals surface area contributed by atoms with Crippen molar-refractivity contribution in [3.05, 3.63) is 21.4 Å². The summed E-state index contributed by atoms with van der Waals surface area (Å²) in [4.78, 5) is 13.9. The predicted molar refractivity (Wildman–Crippen MR) is 70.6 cm³/mol. The molecule has 0 aliphatic carbocycles. The molecule has 0 fully saturated rings. The summed E-state index contributed by atoms with van der Waals surface area (Å²) in [5.41, 5.74) is 1.17. The van der Waals surface area contributed by atoms with E-state index in [1.807, 2.05) is 19.9 Å². The van der Waals surface area contributed by atoms with E-state index in [-0.39, 0.29) is 11.9 Å². The van der Waals surface area contributed by atoms with Gasteiger partial charge in [0.1, 0.15) is 0 Å². The van der Waals surface area contributed by atoms with Crippen LogP contribution in [0.25, 0.3) is 0 Å². The van der Waals surface area contributed by atoms with Crippen molar-refractivity contribution in [1.82, 2.24) is 5.32 Å². The van der Waals surface area contributed by atoms with Gasteiger partial charge in [-0.3, -0.25) is 4.79 Å². The van der Waals surface area contributed by atoms with Crippen LogP contribution in [0.1, 0.15) is 34.0 Å². The lowest BCUT2D eigenvalue weighted by Gasteiger charge is -2.19. The summed E-state index contributed by atoms with van der Waals surface area (Å²) in [7, 11) is 0. The molecule has 4 heteroatoms. The molecular formula is C12H18ClNOS. The smallest absolute Gasteiger partial charge is 0.261 e. The zero-order chi connectivity index (χ0) is 12.3. The number of rotatable bonds is 4. The Kier molecular flexibility index (Phi) is 4.81. The zero-order valence-electron chi connectivity index (χ0n) is 10.1. The van der Waals surface area contributed by atoms with E-state index in [1.54, 1.807) is 0 Å². The summed E-state index contributed by atoms with van der Waals surface area (Å²) in [6, 6.07) is 1.97. The van der Waals surface area contributed by atoms with Gasteiger partial charge < -0.3 is 5.32 Å². The fraction of sp³-hybridized carbons (Fsp3) is 0.583. The van der Waals surface area contributed by atoms with Gasteiger partial charge in [0.15, 0.2) is 0 Å². The van der Waals surface area contributed by atoms with Gasteiger partial charge in [0.05, 0.1) is 4.88 Å². The number of hydrogen-bond donors (Lipinski definition) is 1. The molecule has 1 aromatic rings. The number of carbonyl (C=O) groups is 1. The van der Waals surface area contributed by atoms with Crippen LogP contribution in [0.4, 0.5) is 0 Å². The van der Waals surface area contributed by atoms with Crippen molar-refractivity contribution in [2.24, 2.45) is 5.92 Å². The van der Waals surface area contributed by atoms with E-state index in [4.69, 9.17) is 11.6 Å². The van der Waals surface area contributed by atoms with Gasteiger partial charge in [-0.1, -0.05) is 13.8 Å². The van der Waals surface area contributed by atoms with E-state index >= 15 is 0 Å². The monoisotopic (exact) mass is 259 g/mol. The number of halogens is 1. The molecule has 90 valence electrons. The molecule has 0 aromatic carbocycles. The number of aryl methyl sites for hydroxylation is 2. The molecule has 1 unspecified atom stereocenters. The Bertz CT molecular complexity index is 354. The maximum absolute atomic E-state index is 11.9. The van der Waals surface area contributed by atoms with Crippen LogP contribution in [-0.4, -0.2) is 17.8 Å². The quantitative estimate of drug-likeness (QED) is 0.826. The molecule has 1 N–H and O–H groups in total. The molecule has 0 saturated carbocycles. The van der Waals surface area contributed by atoms with Crippen molar-refractivity contribution in [2.75, 3.05) is 5.88 Å². The maximum atomic E-state index is 11.9. The third-order valence-electron chi connectivity index (χ3n) is 2.68. The number of amides is 1. The Balaban J connectivity index is 2.71. The first kappa shape index (κ1) is 13.5. The van der Waals surface area contributed by atoms with Crippen LogP contribution in [-0.2, 0) is 0 Å². The van der Waals surface area contributed by atoms with Crippen molar-refractivity contribution in [2.45, 2.75) is 33.7 Å². The van der Waals surface area contributed by atoms with Crippen LogP contribution in [0.5, 0.6) is 0 Å². The van der Waals surface area contributed by atoms with Crippen molar-refractivity contribution in [1.29, 1.82) is 0 Å². The van der Waals surface area contributed by atoms with Crippen LogP contribution in [0.3, 0.4) is 0 Å². The summed E-state index contributed by atoms with van der Waals surface area (Å²) in [6.07, 6.45) is 0. The van der Waals surface area contributed by atoms with Gasteiger partial charge in [0.25, 0.3) is 5.91 Å². The maximum Gasteiger partial charge on any atom is 0.261 e. The van der Waals surface area contributed by atoms with Gasteiger partial charge in [-0.2, -0.15) is 0 Å². The van der Waals surface area contributed by atoms with Crippen LogP contribution in [0.15, 0.2) is 6.07 Å². The van der Waals surface area contributed by atoms with Crippen LogP contribution in [0, 0.1) is 19.8 Å². The molecule has 0 spiro atoms. The molecule has 16 heavy (non-hydrogen) atoms. The van der Waals surface area contributed by atoms with E-state index in [2.05, 4.69) is 19.2 Å². The highest BCUT2D eigenvalue weighted by atomic mass is 35.5. The lowest BCUT2D eigenvalue weighted by atomic mass is 10.1. The Morgan fingerprint density at radius 1 is 1.50 bits per heavy atom. The Morgan fingerprint density at radius 3 is 2.50 bits per heavy atom. The first-order valence-corrected chi connectivity index (χ1v) is 6.74. The molecule has 1 amide bonds. The van der Waals surface area contributed by atoms with E-state index in [0.717, 1.165) is 4.88 Å². The molecule has 0 radical (unpaired) electrons. The molecule has 0 aliphatic rings. The lowest BCUT2D eigenvalue weighted by Crippen LogP contribution is -2.39. The molecular weight excluding hydrogens is 242 g/mol. The average molecular weight is 260 g/mol. The average Bonchev–Trinajstić information content (AvgIpc) is 2.55. The third-order valence-corrected chi connectivity index (χ3v) is 4.16. The number of nitrogens with one attached hydrogen (secondary N) is 1. The number of thiophene rings is 1. The van der Waals surface area contributed by atoms with Crippen LogP contribution in [0.2, 0.25) is 0 Å². The molecule has 1 heterocycles. The van der Waals surface area contributed by atoms with Crippen LogP contribution < -0.4 is 5.32 Å². The van der Waals surface area contributed by atoms with Gasteiger partial charge in [0.2, 0.25) is 0 Å². The van der Waals surface area contributed by atoms with Crippen molar-refractivity contribution >= 4 is 28.8 Å². The molecule has 0 saturated heterocycles. The first-order valence-electron chi connectivity index (χ1n) is 5.39. The largest absolute Gasteiger partial charge is 0.347 e. The summed E-state index contributed by atoms with van der Waals surface area (Å²) in [5.74, 6) is 0.788. The van der Waals surface area contributed by atoms with E-state index < -0.39 is 0 Å². The van der Waals surface area contributed by atoms with Crippen molar-refractivity contribution in [3.63, 3.8) is 0 Å². The van der Waals surface area contributed by atoms with Gasteiger partial charge in [-0.25, -0.2) is 0 Å². The molecule has 1 atom stereocenters. The summed E-state index contributed by atoms with van der Waals surface area (Å²) >= 11 is 7.35. The third kappa shape index (κ3) is 3.22. The number of carbonyl (C=O) groups excluding carboxylic acids is 1. The summed E-state index contributed by atoms with van der Waals surface area (Å²) in [6.45, 7) is 8.15. The zero-order valence-corrected chi connectivity index (χ0v) is 11.7. The number of hydrogen-bond acceptors (Lipinski definition) is 2. The number of alkyl halides is 1. The Hall–Kier alpha value is -0.540. The molecule has 1 aromatic heterocycles. The molecule has 0 aliphatic heterocycles. The van der Waals surface area contributed by atoms with E-state index in [0.29, 0.717) is 11.8 Å². The fourth-order valence-corrected chi connectivity index (χ4v) is 2.68. The predicted octanol–water partition coefficient (Wildman–Crippen LogP) is 3.36. The van der Waals surface area contributed by atoms with Gasteiger partial charge in [0, 0.05) is 16.8 Å². The standard InChI is InChI=1S/C12H18ClNOS/c1-7(2)10(6-13)14-12(15)11-5-8(3)9(4)16-11/h5,7,10H,6H2,1-4H3,(H,14,15). The van der Waals surface area contributed by atoms with Gasteiger partial charge in [-0.15, -0.1) is 22.9 Å². The molecule has 0 bridgehead atoms. The minimum absolute atomic E-state index is 0.0134. The fourth-order valence-electron chi connectivity index (χ4n) is 1.31. The second-order valence-electron chi connectivity index (χ2n) is 4.33. The first-order chi connectivity index (χ1) is 7.45. The minimum Gasteiger partial charge on any atom is -0.347 e. The van der Waals surface area contributed by atoms with Gasteiger partial charge in [-0.05, 0) is 31.4 Å². The second kappa shape index (κ2) is 5.69. The minimum atomic E-state index is -0.0134.